The van der Waals surface area contributed by atoms with Crippen LogP contribution in [0, 0.1) is 11.3 Å². The number of aromatic nitrogens is 1. The first-order chi connectivity index (χ1) is 14.7. The van der Waals surface area contributed by atoms with Crippen molar-refractivity contribution in [2.75, 3.05) is 0 Å². The topological polar surface area (TPSA) is 49.8 Å². The molecule has 0 N–H and O–H groups in total. The van der Waals surface area contributed by atoms with Gasteiger partial charge in [-0.1, -0.05) is 45.2 Å². The lowest BCUT2D eigenvalue weighted by Crippen LogP contribution is -2.06. The van der Waals surface area contributed by atoms with Gasteiger partial charge in [0.1, 0.15) is 11.2 Å². The maximum absolute atomic E-state index is 9.86. The van der Waals surface area contributed by atoms with Crippen molar-refractivity contribution < 1.29 is 4.42 Å². The highest BCUT2D eigenvalue weighted by molar-refractivity contribution is 6.12. The molecule has 30 heavy (non-hydrogen) atoms. The Hall–Kier alpha value is -3.12. The lowest BCUT2D eigenvalue weighted by molar-refractivity contribution is 0.441. The Morgan fingerprint density at radius 2 is 1.83 bits per heavy atom. The van der Waals surface area contributed by atoms with E-state index in [4.69, 9.17) is 4.42 Å². The minimum absolute atomic E-state index is 0.375. The number of fused-ring (bicyclic) bond motifs is 3. The van der Waals surface area contributed by atoms with Gasteiger partial charge in [-0.15, -0.1) is 0 Å². The van der Waals surface area contributed by atoms with Gasteiger partial charge in [0.2, 0.25) is 0 Å². The van der Waals surface area contributed by atoms with E-state index in [0.29, 0.717) is 11.8 Å². The summed E-state index contributed by atoms with van der Waals surface area (Å²) in [7, 11) is 0. The van der Waals surface area contributed by atoms with Gasteiger partial charge in [0, 0.05) is 28.1 Å². The first-order valence-corrected chi connectivity index (χ1v) is 11.0. The van der Waals surface area contributed by atoms with Gasteiger partial charge in [0.15, 0.2) is 0 Å². The second-order valence-electron chi connectivity index (χ2n) is 8.73. The monoisotopic (exact) mass is 394 g/mol. The Morgan fingerprint density at radius 3 is 2.53 bits per heavy atom. The fourth-order valence-electron chi connectivity index (χ4n) is 5.09. The predicted molar refractivity (Wildman–Crippen MR) is 122 cm³/mol. The molecule has 0 bridgehead atoms. The van der Waals surface area contributed by atoms with E-state index in [0.717, 1.165) is 51.8 Å². The van der Waals surface area contributed by atoms with Crippen LogP contribution in [0.25, 0.3) is 33.2 Å². The molecule has 1 aliphatic carbocycles. The maximum atomic E-state index is 9.86. The van der Waals surface area contributed by atoms with Crippen molar-refractivity contribution in [3.63, 3.8) is 0 Å². The Bertz CT molecular complexity index is 1260. The molecule has 0 spiro atoms. The molecule has 150 valence electrons. The summed E-state index contributed by atoms with van der Waals surface area (Å²) >= 11 is 0. The predicted octanol–water partition coefficient (Wildman–Crippen LogP) is 7.69. The molecule has 0 saturated heterocycles. The zero-order valence-corrected chi connectivity index (χ0v) is 17.6. The van der Waals surface area contributed by atoms with Crippen molar-refractivity contribution in [3.8, 4) is 17.3 Å². The number of rotatable bonds is 3. The first-order valence-electron chi connectivity index (χ1n) is 11.0. The summed E-state index contributed by atoms with van der Waals surface area (Å²) in [6, 6.07) is 16.8. The number of nitrogens with zero attached hydrogens (tertiary/aromatic N) is 2. The summed E-state index contributed by atoms with van der Waals surface area (Å²) in [6.45, 7) is 4.44. The van der Waals surface area contributed by atoms with Gasteiger partial charge in [0.25, 0.3) is 0 Å². The summed E-state index contributed by atoms with van der Waals surface area (Å²) in [5, 5.41) is 12.2. The minimum Gasteiger partial charge on any atom is -0.455 e. The normalized spacial score (nSPS) is 15.1. The van der Waals surface area contributed by atoms with Crippen LogP contribution in [0.1, 0.15) is 74.5 Å². The maximum Gasteiger partial charge on any atom is 0.145 e. The molecule has 0 atom stereocenters. The third-order valence-corrected chi connectivity index (χ3v) is 6.56. The lowest BCUT2D eigenvalue weighted by atomic mass is 9.81. The number of hydrogen-bond acceptors (Lipinski definition) is 3. The summed E-state index contributed by atoms with van der Waals surface area (Å²) in [4.78, 5) is 4.58. The van der Waals surface area contributed by atoms with Crippen LogP contribution in [0.4, 0.5) is 0 Å². The molecule has 1 aliphatic rings. The van der Waals surface area contributed by atoms with Crippen LogP contribution in [0.2, 0.25) is 0 Å². The molecule has 0 unspecified atom stereocenters. The Balaban J connectivity index is 1.88. The molecule has 1 fully saturated rings. The Labute approximate surface area is 177 Å². The molecule has 5 rings (SSSR count). The highest BCUT2D eigenvalue weighted by Gasteiger charge is 2.26. The molecular weight excluding hydrogens is 368 g/mol. The molecular formula is C27H26N2O. The zero-order chi connectivity index (χ0) is 20.7. The number of benzene rings is 2. The van der Waals surface area contributed by atoms with Gasteiger partial charge >= 0.3 is 0 Å². The standard InChI is InChI=1S/C27H26N2O/c1-17(2)20-13-14-21(23-10-6-7-15-29-23)26-25(20)22-12-11-19(16-28)24(27(22)30-26)18-8-4-3-5-9-18/h6-7,10-15,17-18H,3-5,8-9H2,1-2H3. The van der Waals surface area contributed by atoms with E-state index < -0.39 is 0 Å². The first kappa shape index (κ1) is 18.9. The van der Waals surface area contributed by atoms with Crippen molar-refractivity contribution in [1.82, 2.24) is 4.98 Å². The molecule has 0 radical (unpaired) electrons. The van der Waals surface area contributed by atoms with Gasteiger partial charge in [0.05, 0.1) is 17.3 Å². The van der Waals surface area contributed by atoms with Gasteiger partial charge in [-0.3, -0.25) is 4.98 Å². The summed E-state index contributed by atoms with van der Waals surface area (Å²) in [6.07, 6.45) is 7.83. The molecule has 0 amide bonds. The van der Waals surface area contributed by atoms with Gasteiger partial charge in [-0.25, -0.2) is 0 Å². The average molecular weight is 395 g/mol. The van der Waals surface area contributed by atoms with Crippen LogP contribution < -0.4 is 0 Å². The van der Waals surface area contributed by atoms with Crippen molar-refractivity contribution in [1.29, 1.82) is 5.26 Å². The van der Waals surface area contributed by atoms with Crippen LogP contribution in [0.15, 0.2) is 53.1 Å². The Kier molecular flexibility index (Phi) is 4.79. The zero-order valence-electron chi connectivity index (χ0n) is 17.6. The van der Waals surface area contributed by atoms with E-state index in [9.17, 15) is 5.26 Å². The molecule has 0 aliphatic heterocycles. The second kappa shape index (κ2) is 7.61. The molecule has 4 aromatic rings. The lowest BCUT2D eigenvalue weighted by Gasteiger charge is -2.22. The highest BCUT2D eigenvalue weighted by atomic mass is 16.3. The SMILES string of the molecule is CC(C)c1ccc(-c2ccccn2)c2oc3c(C4CCCCC4)c(C#N)ccc3c12. The van der Waals surface area contributed by atoms with Crippen LogP contribution in [0.5, 0.6) is 0 Å². The smallest absolute Gasteiger partial charge is 0.145 e. The molecule has 2 aromatic carbocycles. The summed E-state index contributed by atoms with van der Waals surface area (Å²) in [5.41, 5.74) is 6.88. The molecule has 1 saturated carbocycles. The Morgan fingerprint density at radius 1 is 1.00 bits per heavy atom. The van der Waals surface area contributed by atoms with E-state index in [1.165, 1.54) is 30.2 Å². The van der Waals surface area contributed by atoms with Gasteiger partial charge in [-0.05, 0) is 60.6 Å². The second-order valence-corrected chi connectivity index (χ2v) is 8.73. The molecule has 3 nitrogen and oxygen atoms in total. The third-order valence-electron chi connectivity index (χ3n) is 6.56. The fraction of sp³-hybridized carbons (Fsp3) is 0.333. The fourth-order valence-corrected chi connectivity index (χ4v) is 5.09. The van der Waals surface area contributed by atoms with E-state index >= 15 is 0 Å². The number of pyridine rings is 1. The van der Waals surface area contributed by atoms with Crippen LogP contribution >= 0.6 is 0 Å². The van der Waals surface area contributed by atoms with E-state index in [1.807, 2.05) is 30.5 Å². The quantitative estimate of drug-likeness (QED) is 0.358. The van der Waals surface area contributed by atoms with Crippen molar-refractivity contribution in [3.05, 3.63) is 65.4 Å². The largest absolute Gasteiger partial charge is 0.455 e. The van der Waals surface area contributed by atoms with E-state index in [-0.39, 0.29) is 0 Å². The van der Waals surface area contributed by atoms with Gasteiger partial charge in [-0.2, -0.15) is 5.26 Å². The van der Waals surface area contributed by atoms with Crippen LogP contribution in [0.3, 0.4) is 0 Å². The molecule has 2 heterocycles. The van der Waals surface area contributed by atoms with Crippen molar-refractivity contribution in [2.45, 2.75) is 57.8 Å². The summed E-state index contributed by atoms with van der Waals surface area (Å²) < 4.78 is 6.66. The highest BCUT2D eigenvalue weighted by Crippen LogP contribution is 2.45. The number of hydrogen-bond donors (Lipinski definition) is 0. The van der Waals surface area contributed by atoms with Crippen LogP contribution in [-0.2, 0) is 0 Å². The third kappa shape index (κ3) is 2.99. The van der Waals surface area contributed by atoms with E-state index in [1.54, 1.807) is 0 Å². The summed E-state index contributed by atoms with van der Waals surface area (Å²) in [5.74, 6) is 0.776. The van der Waals surface area contributed by atoms with E-state index in [2.05, 4.69) is 43.1 Å². The molecule has 2 aromatic heterocycles. The van der Waals surface area contributed by atoms with Crippen molar-refractivity contribution >= 4 is 21.9 Å². The number of furan rings is 1. The minimum atomic E-state index is 0.375. The van der Waals surface area contributed by atoms with Crippen molar-refractivity contribution in [2.24, 2.45) is 0 Å². The van der Waals surface area contributed by atoms with Gasteiger partial charge < -0.3 is 4.42 Å². The van der Waals surface area contributed by atoms with Crippen LogP contribution in [-0.4, -0.2) is 4.98 Å². The molecule has 3 heteroatoms. The average Bonchev–Trinajstić information content (AvgIpc) is 3.18. The number of nitriles is 1.